The molecule has 0 spiro atoms. The largest absolute Gasteiger partial charge is 0.479 e. The molecular formula is C26H30N2O6. The minimum Gasteiger partial charge on any atom is -0.479 e. The number of fused-ring (bicyclic) bond motifs is 3. The number of nitrogens with one attached hydrogen (secondary N) is 2. The van der Waals surface area contributed by atoms with Crippen molar-refractivity contribution in [3.63, 3.8) is 0 Å². The van der Waals surface area contributed by atoms with Gasteiger partial charge < -0.3 is 25.2 Å². The number of rotatable bonds is 10. The Balaban J connectivity index is 1.27. The predicted molar refractivity (Wildman–Crippen MR) is 125 cm³/mol. The van der Waals surface area contributed by atoms with Crippen LogP contribution in [-0.4, -0.2) is 55.5 Å². The van der Waals surface area contributed by atoms with Crippen molar-refractivity contribution in [3.05, 3.63) is 59.7 Å². The molecule has 0 heterocycles. The van der Waals surface area contributed by atoms with Gasteiger partial charge in [-0.1, -0.05) is 55.5 Å². The highest BCUT2D eigenvalue weighted by Gasteiger charge is 2.47. The van der Waals surface area contributed by atoms with Crippen LogP contribution in [0, 0.1) is 11.8 Å². The Kier molecular flexibility index (Phi) is 6.88. The predicted octanol–water partition coefficient (Wildman–Crippen LogP) is 3.16. The van der Waals surface area contributed by atoms with Crippen LogP contribution in [-0.2, 0) is 19.1 Å². The molecule has 2 aliphatic rings. The summed E-state index contributed by atoms with van der Waals surface area (Å²) in [6, 6.07) is 16.3. The summed E-state index contributed by atoms with van der Waals surface area (Å²) in [5, 5.41) is 14.9. The number of amides is 2. The van der Waals surface area contributed by atoms with E-state index in [-0.39, 0.29) is 43.3 Å². The van der Waals surface area contributed by atoms with Gasteiger partial charge in [-0.3, -0.25) is 4.79 Å². The molecular weight excluding hydrogens is 436 g/mol. The zero-order chi connectivity index (χ0) is 24.3. The summed E-state index contributed by atoms with van der Waals surface area (Å²) in [7, 11) is 1.40. The summed E-state index contributed by atoms with van der Waals surface area (Å²) in [5.41, 5.74) is 3.17. The fourth-order valence-corrected chi connectivity index (χ4v) is 4.73. The zero-order valence-electron chi connectivity index (χ0n) is 19.4. The van der Waals surface area contributed by atoms with E-state index in [0.29, 0.717) is 13.0 Å². The molecule has 2 aromatic rings. The minimum atomic E-state index is -1.45. The lowest BCUT2D eigenvalue weighted by molar-refractivity contribution is -0.150. The second kappa shape index (κ2) is 9.85. The second-order valence-electron chi connectivity index (χ2n) is 8.97. The number of ether oxygens (including phenoxy) is 2. The third-order valence-corrected chi connectivity index (χ3v) is 6.88. The van der Waals surface area contributed by atoms with E-state index in [0.717, 1.165) is 22.3 Å². The molecule has 2 amide bonds. The summed E-state index contributed by atoms with van der Waals surface area (Å²) in [5.74, 6) is -1.86. The molecule has 8 nitrogen and oxygen atoms in total. The van der Waals surface area contributed by atoms with E-state index in [1.807, 2.05) is 24.3 Å². The fourth-order valence-electron chi connectivity index (χ4n) is 4.73. The van der Waals surface area contributed by atoms with E-state index in [1.54, 1.807) is 6.92 Å². The van der Waals surface area contributed by atoms with E-state index in [2.05, 4.69) is 34.9 Å². The molecule has 2 aliphatic carbocycles. The lowest BCUT2D eigenvalue weighted by atomic mass is 9.97. The summed E-state index contributed by atoms with van der Waals surface area (Å²) in [6.07, 6.45) is 0.264. The van der Waals surface area contributed by atoms with Gasteiger partial charge in [-0.2, -0.15) is 0 Å². The molecule has 0 radical (unpaired) electrons. The van der Waals surface area contributed by atoms with Crippen LogP contribution in [0.5, 0.6) is 0 Å². The molecule has 3 atom stereocenters. The van der Waals surface area contributed by atoms with Crippen molar-refractivity contribution in [2.24, 2.45) is 11.8 Å². The Labute approximate surface area is 198 Å². The van der Waals surface area contributed by atoms with Crippen molar-refractivity contribution < 1.29 is 29.0 Å². The van der Waals surface area contributed by atoms with Gasteiger partial charge in [0.05, 0.1) is 6.61 Å². The number of carbonyl (C=O) groups is 3. The quantitative estimate of drug-likeness (QED) is 0.496. The lowest BCUT2D eigenvalue weighted by Crippen LogP contribution is -2.57. The molecule has 2 aromatic carbocycles. The molecule has 0 aromatic heterocycles. The second-order valence-corrected chi connectivity index (χ2v) is 8.97. The summed E-state index contributed by atoms with van der Waals surface area (Å²) < 4.78 is 10.5. The third-order valence-electron chi connectivity index (χ3n) is 6.88. The number of alkyl carbamates (subject to hydrolysis) is 1. The van der Waals surface area contributed by atoms with Crippen LogP contribution in [0.15, 0.2) is 48.5 Å². The first-order valence-electron chi connectivity index (χ1n) is 11.5. The summed E-state index contributed by atoms with van der Waals surface area (Å²) in [6.45, 7) is 2.10. The number of carboxylic acid groups (broad SMARTS) is 1. The average molecular weight is 467 g/mol. The third kappa shape index (κ3) is 4.63. The van der Waals surface area contributed by atoms with Crippen molar-refractivity contribution in [2.45, 2.75) is 31.2 Å². The summed E-state index contributed by atoms with van der Waals surface area (Å²) >= 11 is 0. The van der Waals surface area contributed by atoms with Crippen LogP contribution >= 0.6 is 0 Å². The normalized spacial score (nSPS) is 19.9. The Hall–Kier alpha value is -3.39. The molecule has 8 heteroatoms. The average Bonchev–Trinajstić information content (AvgIpc) is 3.56. The molecule has 3 N–H and O–H groups in total. The van der Waals surface area contributed by atoms with E-state index in [1.165, 1.54) is 7.11 Å². The molecule has 0 aliphatic heterocycles. The van der Waals surface area contributed by atoms with E-state index in [9.17, 15) is 19.5 Å². The molecule has 0 bridgehead atoms. The van der Waals surface area contributed by atoms with Crippen LogP contribution in [0.4, 0.5) is 4.79 Å². The first kappa shape index (κ1) is 23.8. The van der Waals surface area contributed by atoms with Gasteiger partial charge in [-0.25, -0.2) is 9.59 Å². The Morgan fingerprint density at radius 3 is 2.24 bits per heavy atom. The number of benzene rings is 2. The number of hydrogen-bond acceptors (Lipinski definition) is 5. The minimum absolute atomic E-state index is 0.0171. The fraction of sp³-hybridized carbons (Fsp3) is 0.423. The number of methoxy groups -OCH3 is 1. The number of carbonyl (C=O) groups excluding carboxylic acids is 2. The molecule has 1 unspecified atom stereocenters. The van der Waals surface area contributed by atoms with Crippen LogP contribution < -0.4 is 10.6 Å². The topological polar surface area (TPSA) is 114 Å². The Morgan fingerprint density at radius 1 is 1.06 bits per heavy atom. The van der Waals surface area contributed by atoms with Gasteiger partial charge in [0.2, 0.25) is 5.91 Å². The van der Waals surface area contributed by atoms with Crippen LogP contribution in [0.2, 0.25) is 0 Å². The SMILES string of the molecule is CCC(COC)(NC(=O)[C@@H]1C[C@@H]1CNC(=O)OCC1c2ccccc2-c2ccccc21)C(=O)O. The van der Waals surface area contributed by atoms with E-state index in [4.69, 9.17) is 9.47 Å². The van der Waals surface area contributed by atoms with E-state index >= 15 is 0 Å². The molecule has 180 valence electrons. The van der Waals surface area contributed by atoms with Gasteiger partial charge in [0.15, 0.2) is 5.54 Å². The standard InChI is InChI=1S/C26H30N2O6/c1-3-26(15-33-2,24(30)31)28-23(29)21-12-16(21)13-27-25(32)34-14-22-19-10-6-4-8-17(19)18-9-5-7-11-20(18)22/h4-11,16,21-22H,3,12-15H2,1-2H3,(H,27,32)(H,28,29)(H,30,31)/t16-,21-,26?/m1/s1. The van der Waals surface area contributed by atoms with Gasteiger partial charge in [0, 0.05) is 25.5 Å². The first-order chi connectivity index (χ1) is 16.4. The maximum Gasteiger partial charge on any atom is 0.407 e. The van der Waals surface area contributed by atoms with Gasteiger partial charge in [-0.15, -0.1) is 0 Å². The maximum atomic E-state index is 12.6. The van der Waals surface area contributed by atoms with Crippen molar-refractivity contribution in [1.29, 1.82) is 0 Å². The van der Waals surface area contributed by atoms with Gasteiger partial charge in [-0.05, 0) is 41.0 Å². The molecule has 0 saturated heterocycles. The highest BCUT2D eigenvalue weighted by molar-refractivity contribution is 5.89. The maximum absolute atomic E-state index is 12.6. The van der Waals surface area contributed by atoms with Crippen molar-refractivity contribution in [2.75, 3.05) is 26.9 Å². The number of hydrogen-bond donors (Lipinski definition) is 3. The molecule has 1 saturated carbocycles. The highest BCUT2D eigenvalue weighted by Crippen LogP contribution is 2.44. The first-order valence-corrected chi connectivity index (χ1v) is 11.5. The van der Waals surface area contributed by atoms with Gasteiger partial charge in [0.25, 0.3) is 0 Å². The highest BCUT2D eigenvalue weighted by atomic mass is 16.5. The monoisotopic (exact) mass is 466 g/mol. The van der Waals surface area contributed by atoms with Gasteiger partial charge >= 0.3 is 12.1 Å². The van der Waals surface area contributed by atoms with Crippen molar-refractivity contribution >= 4 is 18.0 Å². The van der Waals surface area contributed by atoms with E-state index < -0.39 is 17.6 Å². The van der Waals surface area contributed by atoms with Crippen LogP contribution in [0.3, 0.4) is 0 Å². The molecule has 34 heavy (non-hydrogen) atoms. The smallest absolute Gasteiger partial charge is 0.407 e. The zero-order valence-corrected chi connectivity index (χ0v) is 19.4. The summed E-state index contributed by atoms with van der Waals surface area (Å²) in [4.78, 5) is 36.6. The van der Waals surface area contributed by atoms with Crippen LogP contribution in [0.25, 0.3) is 11.1 Å². The van der Waals surface area contributed by atoms with Gasteiger partial charge in [0.1, 0.15) is 6.61 Å². The van der Waals surface area contributed by atoms with Crippen LogP contribution in [0.1, 0.15) is 36.8 Å². The molecule has 4 rings (SSSR count). The Bertz CT molecular complexity index is 1040. The number of carboxylic acids is 1. The lowest BCUT2D eigenvalue weighted by Gasteiger charge is -2.28. The van der Waals surface area contributed by atoms with Crippen molar-refractivity contribution in [3.8, 4) is 11.1 Å². The number of aliphatic carboxylic acids is 1. The Morgan fingerprint density at radius 2 is 1.68 bits per heavy atom. The van der Waals surface area contributed by atoms with Crippen molar-refractivity contribution in [1.82, 2.24) is 10.6 Å². The molecule has 1 fully saturated rings.